The fraction of sp³-hybridized carbons (Fsp3) is 0.367. The molecule has 3 amide bonds. The number of carbonyl (C=O) groups is 5. The fourth-order valence-electron chi connectivity index (χ4n) is 4.52. The first-order valence-electron chi connectivity index (χ1n) is 13.7. The number of aromatic amines is 1. The van der Waals surface area contributed by atoms with Gasteiger partial charge in [0.1, 0.15) is 18.1 Å². The molecule has 12 nitrogen and oxygen atoms in total. The number of hydrogen-bond donors (Lipinski definition) is 7. The molecule has 0 saturated carbocycles. The van der Waals surface area contributed by atoms with Crippen molar-refractivity contribution < 1.29 is 34.2 Å². The molecule has 0 fully saturated rings. The summed E-state index contributed by atoms with van der Waals surface area (Å²) in [5, 5.41) is 27.3. The zero-order valence-electron chi connectivity index (χ0n) is 23.5. The molecule has 8 N–H and O–H groups in total. The maximum Gasteiger partial charge on any atom is 0.326 e. The summed E-state index contributed by atoms with van der Waals surface area (Å²) in [6.45, 7) is 3.40. The van der Waals surface area contributed by atoms with E-state index in [1.807, 2.05) is 24.3 Å². The lowest BCUT2D eigenvalue weighted by Gasteiger charge is -2.27. The van der Waals surface area contributed by atoms with E-state index in [2.05, 4.69) is 20.9 Å². The lowest BCUT2D eigenvalue weighted by Crippen LogP contribution is -2.59. The van der Waals surface area contributed by atoms with E-state index < -0.39 is 59.7 Å². The van der Waals surface area contributed by atoms with Crippen LogP contribution in [-0.4, -0.2) is 69.0 Å². The average Bonchev–Trinajstić information content (AvgIpc) is 3.36. The van der Waals surface area contributed by atoms with E-state index >= 15 is 0 Å². The molecule has 1 heterocycles. The van der Waals surface area contributed by atoms with Crippen molar-refractivity contribution in [2.45, 2.75) is 63.7 Å². The Hall–Kier alpha value is -4.71. The number of carboxylic acid groups (broad SMARTS) is 2. The minimum atomic E-state index is -1.23. The van der Waals surface area contributed by atoms with Crippen LogP contribution in [0.4, 0.5) is 0 Å². The van der Waals surface area contributed by atoms with Gasteiger partial charge in [0.15, 0.2) is 0 Å². The van der Waals surface area contributed by atoms with Gasteiger partial charge in [0, 0.05) is 36.4 Å². The van der Waals surface area contributed by atoms with Crippen LogP contribution >= 0.6 is 0 Å². The Morgan fingerprint density at radius 3 is 2.10 bits per heavy atom. The minimum Gasteiger partial charge on any atom is -0.481 e. The highest BCUT2D eigenvalue weighted by molar-refractivity contribution is 5.95. The van der Waals surface area contributed by atoms with Crippen molar-refractivity contribution in [3.8, 4) is 0 Å². The standard InChI is InChI=1S/C30H37N5O7/c1-17(2)26(29(40)34-24(30(41)42)14-18-8-4-3-5-9-18)35-28(39)23(33-27(38)21(31)12-13-25(36)37)15-19-16-32-22-11-7-6-10-20(19)22/h3-11,16-17,21,23-24,26,32H,12-15,31H2,1-2H3,(H,33,38)(H,34,40)(H,35,39)(H,36,37)(H,41,42). The van der Waals surface area contributed by atoms with Gasteiger partial charge in [-0.25, -0.2) is 4.79 Å². The Balaban J connectivity index is 1.80. The molecule has 224 valence electrons. The molecule has 0 saturated heterocycles. The summed E-state index contributed by atoms with van der Waals surface area (Å²) in [6.07, 6.45) is 1.36. The molecule has 3 aromatic rings. The van der Waals surface area contributed by atoms with Crippen LogP contribution in [0.1, 0.15) is 37.8 Å². The van der Waals surface area contributed by atoms with Crippen molar-refractivity contribution in [1.82, 2.24) is 20.9 Å². The lowest BCUT2D eigenvalue weighted by molar-refractivity contribution is -0.142. The zero-order valence-corrected chi connectivity index (χ0v) is 23.5. The van der Waals surface area contributed by atoms with Crippen LogP contribution in [-0.2, 0) is 36.8 Å². The molecule has 0 spiro atoms. The highest BCUT2D eigenvalue weighted by Gasteiger charge is 2.32. The van der Waals surface area contributed by atoms with Gasteiger partial charge in [0.2, 0.25) is 17.7 Å². The summed E-state index contributed by atoms with van der Waals surface area (Å²) in [6, 6.07) is 11.6. The first-order chi connectivity index (χ1) is 20.0. The number of carbonyl (C=O) groups excluding carboxylic acids is 3. The highest BCUT2D eigenvalue weighted by Crippen LogP contribution is 2.19. The second-order valence-electron chi connectivity index (χ2n) is 10.5. The van der Waals surface area contributed by atoms with Crippen molar-refractivity contribution in [3.05, 3.63) is 71.9 Å². The summed E-state index contributed by atoms with van der Waals surface area (Å²) in [7, 11) is 0. The maximum absolute atomic E-state index is 13.6. The number of aliphatic carboxylic acids is 2. The number of carboxylic acids is 2. The maximum atomic E-state index is 13.6. The quantitative estimate of drug-likeness (QED) is 0.140. The number of H-pyrrole nitrogens is 1. The highest BCUT2D eigenvalue weighted by atomic mass is 16.4. The second-order valence-corrected chi connectivity index (χ2v) is 10.5. The molecule has 0 aliphatic rings. The number of amides is 3. The van der Waals surface area contributed by atoms with E-state index in [0.717, 1.165) is 22.0 Å². The van der Waals surface area contributed by atoms with E-state index in [4.69, 9.17) is 10.8 Å². The Kier molecular flexibility index (Phi) is 11.2. The van der Waals surface area contributed by atoms with Crippen molar-refractivity contribution in [1.29, 1.82) is 0 Å². The third kappa shape index (κ3) is 8.90. The minimum absolute atomic E-state index is 0.0471. The van der Waals surface area contributed by atoms with Gasteiger partial charge in [-0.05, 0) is 29.5 Å². The third-order valence-corrected chi connectivity index (χ3v) is 6.88. The lowest BCUT2D eigenvalue weighted by atomic mass is 9.99. The summed E-state index contributed by atoms with van der Waals surface area (Å²) < 4.78 is 0. The Morgan fingerprint density at radius 2 is 1.45 bits per heavy atom. The molecule has 1 aromatic heterocycles. The van der Waals surface area contributed by atoms with Crippen molar-refractivity contribution in [2.24, 2.45) is 11.7 Å². The van der Waals surface area contributed by atoms with Crippen LogP contribution in [0.25, 0.3) is 10.9 Å². The molecule has 0 aliphatic heterocycles. The van der Waals surface area contributed by atoms with Gasteiger partial charge in [-0.1, -0.05) is 62.4 Å². The van der Waals surface area contributed by atoms with Crippen molar-refractivity contribution >= 4 is 40.6 Å². The van der Waals surface area contributed by atoms with Gasteiger partial charge in [-0.15, -0.1) is 0 Å². The largest absolute Gasteiger partial charge is 0.481 e. The summed E-state index contributed by atoms with van der Waals surface area (Å²) >= 11 is 0. The molecule has 3 rings (SSSR count). The van der Waals surface area contributed by atoms with E-state index in [-0.39, 0.29) is 25.7 Å². The number of aromatic nitrogens is 1. The molecule has 4 atom stereocenters. The van der Waals surface area contributed by atoms with Gasteiger partial charge in [-0.2, -0.15) is 0 Å². The zero-order chi connectivity index (χ0) is 30.8. The summed E-state index contributed by atoms with van der Waals surface area (Å²) in [5.41, 5.74) is 8.16. The van der Waals surface area contributed by atoms with Crippen LogP contribution in [0.2, 0.25) is 0 Å². The Bertz CT molecular complexity index is 1410. The molecular formula is C30H37N5O7. The van der Waals surface area contributed by atoms with Crippen LogP contribution in [0.5, 0.6) is 0 Å². The topological polar surface area (TPSA) is 204 Å². The molecule has 4 unspecified atom stereocenters. The molecule has 0 bridgehead atoms. The predicted molar refractivity (Wildman–Crippen MR) is 155 cm³/mol. The fourth-order valence-corrected chi connectivity index (χ4v) is 4.52. The van der Waals surface area contributed by atoms with Gasteiger partial charge < -0.3 is 36.9 Å². The molecule has 0 aliphatic carbocycles. The van der Waals surface area contributed by atoms with Crippen LogP contribution in [0.15, 0.2) is 60.8 Å². The van der Waals surface area contributed by atoms with Crippen molar-refractivity contribution in [3.63, 3.8) is 0 Å². The van der Waals surface area contributed by atoms with Crippen LogP contribution < -0.4 is 21.7 Å². The number of nitrogens with one attached hydrogen (secondary N) is 4. The predicted octanol–water partition coefficient (Wildman–Crippen LogP) is 1.34. The summed E-state index contributed by atoms with van der Waals surface area (Å²) in [5.74, 6) is -4.83. The van der Waals surface area contributed by atoms with E-state index in [1.54, 1.807) is 50.4 Å². The molecule has 12 heteroatoms. The van der Waals surface area contributed by atoms with Crippen LogP contribution in [0, 0.1) is 5.92 Å². The molecule has 42 heavy (non-hydrogen) atoms. The first-order valence-corrected chi connectivity index (χ1v) is 13.7. The number of para-hydroxylation sites is 1. The van der Waals surface area contributed by atoms with Gasteiger partial charge in [0.25, 0.3) is 0 Å². The van der Waals surface area contributed by atoms with E-state index in [0.29, 0.717) is 0 Å². The normalized spacial score (nSPS) is 14.0. The molecule has 2 aromatic carbocycles. The average molecular weight is 580 g/mol. The smallest absolute Gasteiger partial charge is 0.326 e. The SMILES string of the molecule is CC(C)C(NC(=O)C(Cc1c[nH]c2ccccc12)NC(=O)C(N)CCC(=O)O)C(=O)NC(Cc1ccccc1)C(=O)O. The number of benzene rings is 2. The van der Waals surface area contributed by atoms with Crippen molar-refractivity contribution in [2.75, 3.05) is 0 Å². The number of nitrogens with two attached hydrogens (primary N) is 1. The second kappa shape index (κ2) is 14.8. The monoisotopic (exact) mass is 579 g/mol. The number of rotatable bonds is 15. The van der Waals surface area contributed by atoms with Gasteiger partial charge in [0.05, 0.1) is 6.04 Å². The number of fused-ring (bicyclic) bond motifs is 1. The Labute approximate surface area is 243 Å². The Morgan fingerprint density at radius 1 is 0.810 bits per heavy atom. The third-order valence-electron chi connectivity index (χ3n) is 6.88. The van der Waals surface area contributed by atoms with Crippen LogP contribution in [0.3, 0.4) is 0 Å². The summed E-state index contributed by atoms with van der Waals surface area (Å²) in [4.78, 5) is 65.7. The molecule has 0 radical (unpaired) electrons. The number of hydrogen-bond acceptors (Lipinski definition) is 6. The molecular weight excluding hydrogens is 542 g/mol. The van der Waals surface area contributed by atoms with Gasteiger partial charge in [-0.3, -0.25) is 19.2 Å². The van der Waals surface area contributed by atoms with E-state index in [1.165, 1.54) is 0 Å². The first kappa shape index (κ1) is 31.8. The van der Waals surface area contributed by atoms with E-state index in [9.17, 15) is 29.1 Å². The van der Waals surface area contributed by atoms with Gasteiger partial charge >= 0.3 is 11.9 Å².